The maximum atomic E-state index is 9.86. The third-order valence-corrected chi connectivity index (χ3v) is 5.90. The molecule has 0 aliphatic carbocycles. The van der Waals surface area contributed by atoms with Crippen LogP contribution in [-0.4, -0.2) is 57.0 Å². The van der Waals surface area contributed by atoms with E-state index in [9.17, 15) is 10.2 Å². The lowest BCUT2D eigenvalue weighted by molar-refractivity contribution is 0.0238. The number of nitrogens with zero attached hydrogens (tertiary/aromatic N) is 3. The monoisotopic (exact) mass is 433 g/mol. The van der Waals surface area contributed by atoms with Gasteiger partial charge >= 0.3 is 0 Å². The molecule has 168 valence electrons. The SMILES string of the molecule is CCN1CC(Oc2ccc(-c3ccc(/C=C/[C@@H](CO)n4ccnc4[C@H](C)O)cc3)cc2)C1. The Morgan fingerprint density at radius 2 is 1.75 bits per heavy atom. The van der Waals surface area contributed by atoms with Crippen molar-refractivity contribution in [2.24, 2.45) is 0 Å². The molecule has 2 N–H and O–H groups in total. The molecule has 1 fully saturated rings. The third kappa shape index (κ3) is 5.10. The first-order valence-electron chi connectivity index (χ1n) is 11.2. The molecular weight excluding hydrogens is 402 g/mol. The first-order valence-corrected chi connectivity index (χ1v) is 11.2. The van der Waals surface area contributed by atoms with Crippen LogP contribution >= 0.6 is 0 Å². The van der Waals surface area contributed by atoms with Gasteiger partial charge in [-0.3, -0.25) is 4.90 Å². The maximum Gasteiger partial charge on any atom is 0.137 e. The van der Waals surface area contributed by atoms with Gasteiger partial charge in [0, 0.05) is 25.5 Å². The summed E-state index contributed by atoms with van der Waals surface area (Å²) in [6.07, 6.45) is 6.92. The number of hydrogen-bond acceptors (Lipinski definition) is 5. The molecule has 0 radical (unpaired) electrons. The molecule has 1 aliphatic rings. The van der Waals surface area contributed by atoms with Crippen LogP contribution < -0.4 is 4.74 Å². The van der Waals surface area contributed by atoms with Crippen LogP contribution in [0.25, 0.3) is 17.2 Å². The van der Waals surface area contributed by atoms with Crippen molar-refractivity contribution in [2.75, 3.05) is 26.2 Å². The highest BCUT2D eigenvalue weighted by molar-refractivity contribution is 5.66. The number of likely N-dealkylation sites (tertiary alicyclic amines) is 1. The van der Waals surface area contributed by atoms with E-state index in [2.05, 4.69) is 53.2 Å². The Kier molecular flexibility index (Phi) is 7.05. The van der Waals surface area contributed by atoms with Gasteiger partial charge in [-0.15, -0.1) is 0 Å². The number of ether oxygens (including phenoxy) is 1. The van der Waals surface area contributed by atoms with Crippen LogP contribution in [-0.2, 0) is 0 Å². The Morgan fingerprint density at radius 3 is 2.34 bits per heavy atom. The van der Waals surface area contributed by atoms with Gasteiger partial charge in [-0.1, -0.05) is 55.5 Å². The first kappa shape index (κ1) is 22.3. The van der Waals surface area contributed by atoms with Crippen LogP contribution in [0.5, 0.6) is 5.75 Å². The van der Waals surface area contributed by atoms with E-state index >= 15 is 0 Å². The minimum absolute atomic E-state index is 0.0730. The molecule has 0 bridgehead atoms. The highest BCUT2D eigenvalue weighted by atomic mass is 16.5. The number of hydrogen-bond donors (Lipinski definition) is 2. The van der Waals surface area contributed by atoms with Gasteiger partial charge in [-0.25, -0.2) is 4.98 Å². The van der Waals surface area contributed by atoms with E-state index in [4.69, 9.17) is 4.74 Å². The van der Waals surface area contributed by atoms with Gasteiger partial charge in [0.15, 0.2) is 0 Å². The fourth-order valence-electron chi connectivity index (χ4n) is 3.95. The van der Waals surface area contributed by atoms with Crippen LogP contribution in [0, 0.1) is 0 Å². The van der Waals surface area contributed by atoms with E-state index in [0.29, 0.717) is 11.9 Å². The number of aliphatic hydroxyl groups excluding tert-OH is 2. The Balaban J connectivity index is 1.39. The van der Waals surface area contributed by atoms with Gasteiger partial charge in [-0.2, -0.15) is 0 Å². The minimum atomic E-state index is -0.691. The van der Waals surface area contributed by atoms with Gasteiger partial charge in [0.2, 0.25) is 0 Å². The van der Waals surface area contributed by atoms with Crippen LogP contribution in [0.1, 0.15) is 37.4 Å². The molecule has 0 spiro atoms. The largest absolute Gasteiger partial charge is 0.488 e. The molecule has 6 nitrogen and oxygen atoms in total. The number of aliphatic hydroxyl groups is 2. The lowest BCUT2D eigenvalue weighted by Crippen LogP contribution is -2.53. The Morgan fingerprint density at radius 1 is 1.09 bits per heavy atom. The summed E-state index contributed by atoms with van der Waals surface area (Å²) in [4.78, 5) is 6.54. The quantitative estimate of drug-likeness (QED) is 0.535. The molecule has 1 saturated heterocycles. The van der Waals surface area contributed by atoms with Crippen LogP contribution in [0.3, 0.4) is 0 Å². The summed E-state index contributed by atoms with van der Waals surface area (Å²) in [5, 5.41) is 19.7. The molecule has 2 atom stereocenters. The van der Waals surface area contributed by atoms with E-state index in [1.807, 2.05) is 24.3 Å². The second-order valence-corrected chi connectivity index (χ2v) is 8.22. The number of rotatable bonds is 9. The predicted octanol–water partition coefficient (Wildman–Crippen LogP) is 3.93. The van der Waals surface area contributed by atoms with Gasteiger partial charge in [0.25, 0.3) is 0 Å². The van der Waals surface area contributed by atoms with E-state index < -0.39 is 6.10 Å². The van der Waals surface area contributed by atoms with Crippen molar-refractivity contribution in [1.82, 2.24) is 14.5 Å². The lowest BCUT2D eigenvalue weighted by Gasteiger charge is -2.38. The first-order chi connectivity index (χ1) is 15.6. The van der Waals surface area contributed by atoms with Gasteiger partial charge < -0.3 is 19.5 Å². The number of benzene rings is 2. The number of imidazole rings is 1. The molecule has 2 heterocycles. The molecule has 1 aliphatic heterocycles. The molecule has 3 aromatic rings. The summed E-state index contributed by atoms with van der Waals surface area (Å²) >= 11 is 0. The molecule has 0 saturated carbocycles. The summed E-state index contributed by atoms with van der Waals surface area (Å²) in [7, 11) is 0. The van der Waals surface area contributed by atoms with Crippen molar-refractivity contribution in [2.45, 2.75) is 32.1 Å². The highest BCUT2D eigenvalue weighted by Gasteiger charge is 2.26. The molecule has 0 unspecified atom stereocenters. The molecule has 4 rings (SSSR count). The molecule has 32 heavy (non-hydrogen) atoms. The zero-order chi connectivity index (χ0) is 22.5. The van der Waals surface area contributed by atoms with Crippen molar-refractivity contribution in [3.05, 3.63) is 78.4 Å². The average molecular weight is 434 g/mol. The Bertz CT molecular complexity index is 1020. The van der Waals surface area contributed by atoms with E-state index in [1.165, 1.54) is 0 Å². The van der Waals surface area contributed by atoms with Crippen molar-refractivity contribution in [1.29, 1.82) is 0 Å². The molecule has 2 aromatic carbocycles. The fourth-order valence-corrected chi connectivity index (χ4v) is 3.95. The summed E-state index contributed by atoms with van der Waals surface area (Å²) in [5.41, 5.74) is 3.32. The molecule has 0 amide bonds. The van der Waals surface area contributed by atoms with E-state index in [0.717, 1.165) is 42.1 Å². The van der Waals surface area contributed by atoms with Crippen molar-refractivity contribution < 1.29 is 14.9 Å². The standard InChI is InChI=1S/C26H31N3O3/c1-3-28-16-25(17-28)32-24-12-9-22(10-13-24)21-7-4-20(5-8-21)6-11-23(18-30)29-15-14-27-26(29)19(2)31/h4-15,19,23,25,30-31H,3,16-18H2,1-2H3/b11-6+/t19-,23-/m0/s1. The zero-order valence-electron chi connectivity index (χ0n) is 18.6. The lowest BCUT2D eigenvalue weighted by atomic mass is 10.0. The molecule has 6 heteroatoms. The second-order valence-electron chi connectivity index (χ2n) is 8.22. The van der Waals surface area contributed by atoms with Crippen molar-refractivity contribution in [3.63, 3.8) is 0 Å². The summed E-state index contributed by atoms with van der Waals surface area (Å²) in [5.74, 6) is 1.46. The minimum Gasteiger partial charge on any atom is -0.488 e. The van der Waals surface area contributed by atoms with Gasteiger partial charge in [0.1, 0.15) is 23.8 Å². The number of likely N-dealkylation sites (N-methyl/N-ethyl adjacent to an activating group) is 1. The van der Waals surface area contributed by atoms with Crippen molar-refractivity contribution >= 4 is 6.08 Å². The van der Waals surface area contributed by atoms with Crippen LogP contribution in [0.15, 0.2) is 67.0 Å². The summed E-state index contributed by atoms with van der Waals surface area (Å²) in [6.45, 7) is 6.86. The second kappa shape index (κ2) is 10.1. The smallest absolute Gasteiger partial charge is 0.137 e. The summed E-state index contributed by atoms with van der Waals surface area (Å²) in [6, 6.07) is 16.3. The van der Waals surface area contributed by atoms with Crippen LogP contribution in [0.2, 0.25) is 0 Å². The Hall–Kier alpha value is -2.93. The fraction of sp³-hybridized carbons (Fsp3) is 0.346. The maximum absolute atomic E-state index is 9.86. The third-order valence-electron chi connectivity index (χ3n) is 5.90. The van der Waals surface area contributed by atoms with Crippen LogP contribution in [0.4, 0.5) is 0 Å². The molecular formula is C26H31N3O3. The average Bonchev–Trinajstić information content (AvgIpc) is 3.27. The van der Waals surface area contributed by atoms with Gasteiger partial charge in [-0.05, 0) is 42.3 Å². The highest BCUT2D eigenvalue weighted by Crippen LogP contribution is 2.25. The van der Waals surface area contributed by atoms with Crippen molar-refractivity contribution in [3.8, 4) is 16.9 Å². The van der Waals surface area contributed by atoms with E-state index in [-0.39, 0.29) is 12.6 Å². The van der Waals surface area contributed by atoms with Gasteiger partial charge in [0.05, 0.1) is 12.6 Å². The molecule has 1 aromatic heterocycles. The number of aromatic nitrogens is 2. The summed E-state index contributed by atoms with van der Waals surface area (Å²) < 4.78 is 7.81. The van der Waals surface area contributed by atoms with E-state index in [1.54, 1.807) is 23.9 Å². The predicted molar refractivity (Wildman–Crippen MR) is 126 cm³/mol. The zero-order valence-corrected chi connectivity index (χ0v) is 18.6. The Labute approximate surface area is 189 Å². The normalized spacial score (nSPS) is 16.8. The topological polar surface area (TPSA) is 70.8 Å².